The molecule has 1 aromatic carbocycles. The molecule has 1 aromatic rings. The van der Waals surface area contributed by atoms with Gasteiger partial charge < -0.3 is 9.64 Å². The van der Waals surface area contributed by atoms with E-state index in [0.717, 1.165) is 24.5 Å². The maximum Gasteiger partial charge on any atom is 0.142 e. The van der Waals surface area contributed by atoms with Gasteiger partial charge in [-0.25, -0.2) is 0 Å². The van der Waals surface area contributed by atoms with Gasteiger partial charge in [-0.1, -0.05) is 12.1 Å². The maximum atomic E-state index is 5.79. The van der Waals surface area contributed by atoms with Crippen LogP contribution in [0.2, 0.25) is 0 Å². The van der Waals surface area contributed by atoms with Gasteiger partial charge >= 0.3 is 0 Å². The molecule has 0 unspecified atom stereocenters. The average Bonchev–Trinajstić information content (AvgIpc) is 2.30. The lowest BCUT2D eigenvalue weighted by Crippen LogP contribution is -2.28. The van der Waals surface area contributed by atoms with Crippen LogP contribution < -0.4 is 9.64 Å². The van der Waals surface area contributed by atoms with Crippen LogP contribution in [0.5, 0.6) is 5.75 Å². The van der Waals surface area contributed by atoms with Crippen molar-refractivity contribution in [2.75, 3.05) is 36.4 Å². The number of hydrogen-bond acceptors (Lipinski definition) is 2. The Morgan fingerprint density at radius 2 is 1.75 bits per heavy atom. The van der Waals surface area contributed by atoms with Crippen LogP contribution in [0.4, 0.5) is 5.69 Å². The second-order valence-electron chi connectivity index (χ2n) is 3.27. The van der Waals surface area contributed by atoms with Crippen LogP contribution in [-0.2, 0) is 0 Å². The maximum absolute atomic E-state index is 5.79. The molecular weight excluding hydrogens is 245 g/mol. The average molecular weight is 262 g/mol. The van der Waals surface area contributed by atoms with Crippen LogP contribution in [-0.4, -0.2) is 31.5 Å². The second kappa shape index (κ2) is 7.64. The Kier molecular flexibility index (Phi) is 6.43. The fourth-order valence-electron chi connectivity index (χ4n) is 1.55. The summed E-state index contributed by atoms with van der Waals surface area (Å²) in [7, 11) is 0. The Morgan fingerprint density at radius 3 is 2.31 bits per heavy atom. The third kappa shape index (κ3) is 3.76. The van der Waals surface area contributed by atoms with E-state index in [1.165, 1.54) is 0 Å². The molecule has 0 aliphatic carbocycles. The predicted octanol–water partition coefficient (Wildman–Crippen LogP) is 3.37. The molecule has 0 saturated carbocycles. The van der Waals surface area contributed by atoms with Crippen molar-refractivity contribution in [1.29, 1.82) is 0 Å². The van der Waals surface area contributed by atoms with Crippen molar-refractivity contribution < 1.29 is 4.74 Å². The number of nitrogens with zero attached hydrogens (tertiary/aromatic N) is 1. The van der Waals surface area contributed by atoms with Crippen molar-refractivity contribution >= 4 is 28.9 Å². The number of alkyl halides is 2. The Morgan fingerprint density at radius 1 is 1.12 bits per heavy atom. The molecule has 1 rings (SSSR count). The van der Waals surface area contributed by atoms with Gasteiger partial charge in [0.1, 0.15) is 5.75 Å². The monoisotopic (exact) mass is 261 g/mol. The van der Waals surface area contributed by atoms with Gasteiger partial charge in [0.15, 0.2) is 0 Å². The van der Waals surface area contributed by atoms with Crippen LogP contribution in [0.25, 0.3) is 0 Å². The normalized spacial score (nSPS) is 10.2. The third-order valence-electron chi connectivity index (χ3n) is 2.21. The predicted molar refractivity (Wildman–Crippen MR) is 71.3 cm³/mol. The highest BCUT2D eigenvalue weighted by Gasteiger charge is 2.10. The highest BCUT2D eigenvalue weighted by Crippen LogP contribution is 2.27. The molecule has 0 atom stereocenters. The molecule has 4 heteroatoms. The van der Waals surface area contributed by atoms with Crippen molar-refractivity contribution in [1.82, 2.24) is 0 Å². The number of ether oxygens (including phenoxy) is 1. The van der Waals surface area contributed by atoms with Crippen LogP contribution in [0.3, 0.4) is 0 Å². The second-order valence-corrected chi connectivity index (χ2v) is 4.02. The van der Waals surface area contributed by atoms with E-state index in [9.17, 15) is 0 Å². The molecular formula is C12H17Cl2NO. The summed E-state index contributed by atoms with van der Waals surface area (Å²) in [4.78, 5) is 2.14. The summed E-state index contributed by atoms with van der Waals surface area (Å²) >= 11 is 11.6. The van der Waals surface area contributed by atoms with E-state index in [2.05, 4.69) is 4.90 Å². The van der Waals surface area contributed by atoms with Gasteiger partial charge in [0.2, 0.25) is 0 Å². The smallest absolute Gasteiger partial charge is 0.142 e. The third-order valence-corrected chi connectivity index (χ3v) is 2.55. The molecule has 0 N–H and O–H groups in total. The lowest BCUT2D eigenvalue weighted by molar-refractivity contribution is 0.340. The fourth-order valence-corrected chi connectivity index (χ4v) is 1.96. The summed E-state index contributed by atoms with van der Waals surface area (Å²) in [6.07, 6.45) is 0. The summed E-state index contributed by atoms with van der Waals surface area (Å²) in [5.41, 5.74) is 1.06. The van der Waals surface area contributed by atoms with Gasteiger partial charge in [-0.15, -0.1) is 23.2 Å². The van der Waals surface area contributed by atoms with Crippen molar-refractivity contribution in [3.8, 4) is 5.75 Å². The van der Waals surface area contributed by atoms with Crippen molar-refractivity contribution in [2.45, 2.75) is 6.92 Å². The zero-order chi connectivity index (χ0) is 11.8. The number of hydrogen-bond donors (Lipinski definition) is 0. The molecule has 0 bridgehead atoms. The van der Waals surface area contributed by atoms with Crippen LogP contribution in [0, 0.1) is 0 Å². The van der Waals surface area contributed by atoms with Crippen LogP contribution in [0.1, 0.15) is 6.92 Å². The van der Waals surface area contributed by atoms with Crippen molar-refractivity contribution in [2.24, 2.45) is 0 Å². The first-order chi connectivity index (χ1) is 7.83. The number of para-hydroxylation sites is 2. The zero-order valence-electron chi connectivity index (χ0n) is 9.46. The highest BCUT2D eigenvalue weighted by atomic mass is 35.5. The minimum Gasteiger partial charge on any atom is -0.492 e. The summed E-state index contributed by atoms with van der Waals surface area (Å²) in [5, 5.41) is 0. The van der Waals surface area contributed by atoms with E-state index in [1.807, 2.05) is 31.2 Å². The standard InChI is InChI=1S/C12H17Cl2NO/c1-2-16-12-6-4-3-5-11(12)15(9-7-13)10-8-14/h3-6H,2,7-10H2,1H3. The molecule has 0 saturated heterocycles. The number of rotatable bonds is 7. The van der Waals surface area contributed by atoms with Gasteiger partial charge in [0, 0.05) is 24.8 Å². The number of anilines is 1. The topological polar surface area (TPSA) is 12.5 Å². The van der Waals surface area contributed by atoms with Crippen molar-refractivity contribution in [3.05, 3.63) is 24.3 Å². The van der Waals surface area contributed by atoms with Gasteiger partial charge in [0.25, 0.3) is 0 Å². The first-order valence-corrected chi connectivity index (χ1v) is 6.49. The highest BCUT2D eigenvalue weighted by molar-refractivity contribution is 6.18. The summed E-state index contributed by atoms with van der Waals surface area (Å²) < 4.78 is 5.58. The van der Waals surface area contributed by atoms with Crippen LogP contribution >= 0.6 is 23.2 Å². The van der Waals surface area contributed by atoms with Gasteiger partial charge in [-0.05, 0) is 19.1 Å². The molecule has 2 nitrogen and oxygen atoms in total. The molecule has 0 radical (unpaired) electrons. The SMILES string of the molecule is CCOc1ccccc1N(CCCl)CCCl. The molecule has 0 aromatic heterocycles. The first-order valence-electron chi connectivity index (χ1n) is 5.42. The summed E-state index contributed by atoms with van der Waals surface area (Å²) in [5.74, 6) is 2.05. The minimum absolute atomic E-state index is 0.581. The van der Waals surface area contributed by atoms with E-state index < -0.39 is 0 Å². The zero-order valence-corrected chi connectivity index (χ0v) is 11.0. The molecule has 0 fully saturated rings. The van der Waals surface area contributed by atoms with Gasteiger partial charge in [-0.3, -0.25) is 0 Å². The van der Waals surface area contributed by atoms with E-state index >= 15 is 0 Å². The molecule has 16 heavy (non-hydrogen) atoms. The molecule has 0 aliphatic rings. The summed E-state index contributed by atoms with van der Waals surface area (Å²) in [6.45, 7) is 4.19. The van der Waals surface area contributed by atoms with E-state index in [0.29, 0.717) is 18.4 Å². The fraction of sp³-hybridized carbons (Fsp3) is 0.500. The Labute approximate surface area is 107 Å². The van der Waals surface area contributed by atoms with E-state index in [4.69, 9.17) is 27.9 Å². The quantitative estimate of drug-likeness (QED) is 0.698. The Hall–Kier alpha value is -0.600. The number of benzene rings is 1. The van der Waals surface area contributed by atoms with E-state index in [-0.39, 0.29) is 0 Å². The Balaban J connectivity index is 2.87. The molecule has 0 spiro atoms. The minimum atomic E-state index is 0.581. The van der Waals surface area contributed by atoms with Crippen molar-refractivity contribution in [3.63, 3.8) is 0 Å². The van der Waals surface area contributed by atoms with E-state index in [1.54, 1.807) is 0 Å². The van der Waals surface area contributed by atoms with Crippen LogP contribution in [0.15, 0.2) is 24.3 Å². The van der Waals surface area contributed by atoms with Gasteiger partial charge in [-0.2, -0.15) is 0 Å². The first kappa shape index (κ1) is 13.5. The number of halogens is 2. The largest absolute Gasteiger partial charge is 0.492 e. The van der Waals surface area contributed by atoms with Gasteiger partial charge in [0.05, 0.1) is 12.3 Å². The summed E-state index contributed by atoms with van der Waals surface area (Å²) in [6, 6.07) is 7.96. The lowest BCUT2D eigenvalue weighted by atomic mass is 10.2. The lowest BCUT2D eigenvalue weighted by Gasteiger charge is -2.25. The molecule has 0 heterocycles. The molecule has 0 amide bonds. The molecule has 0 aliphatic heterocycles. The Bertz CT molecular complexity index is 301. The molecule has 90 valence electrons.